The molecule has 1 rings (SSSR count). The number of carbonyl (C=O) groups excluding carboxylic acids is 1. The first-order valence-electron chi connectivity index (χ1n) is 3.88. The lowest BCUT2D eigenvalue weighted by Gasteiger charge is -1.99. The molecule has 0 saturated carbocycles. The molecule has 0 aliphatic rings. The summed E-state index contributed by atoms with van der Waals surface area (Å²) >= 11 is 0. The molecule has 3 heteroatoms. The minimum Gasteiger partial charge on any atom is -0.326 e. The van der Waals surface area contributed by atoms with Crippen LogP contribution >= 0.6 is 0 Å². The predicted molar refractivity (Wildman–Crippen MR) is 49.4 cm³/mol. The minimum atomic E-state index is -0.352. The van der Waals surface area contributed by atoms with Gasteiger partial charge in [-0.15, -0.1) is 0 Å². The van der Waals surface area contributed by atoms with Crippen molar-refractivity contribution in [1.82, 2.24) is 0 Å². The Bertz CT molecular complexity index is 334. The van der Waals surface area contributed by atoms with Crippen molar-refractivity contribution >= 4 is 12.4 Å². The molecule has 13 heavy (non-hydrogen) atoms. The highest BCUT2D eigenvalue weighted by Gasteiger charge is 1.98. The Morgan fingerprint density at radius 1 is 1.46 bits per heavy atom. The number of nitrogens with two attached hydrogens (primary N) is 1. The van der Waals surface area contributed by atoms with Crippen LogP contribution in [-0.2, 0) is 11.3 Å². The highest BCUT2D eigenvalue weighted by atomic mass is 19.1. The Balaban J connectivity index is 3.03. The third kappa shape index (κ3) is 2.49. The second-order valence-electron chi connectivity index (χ2n) is 2.56. The lowest BCUT2D eigenvalue weighted by atomic mass is 10.1. The molecule has 0 amide bonds. The Hall–Kier alpha value is -1.48. The fourth-order valence-corrected chi connectivity index (χ4v) is 0.991. The molecule has 1 aromatic carbocycles. The van der Waals surface area contributed by atoms with E-state index < -0.39 is 0 Å². The standard InChI is InChI=1S/C10H10FNO/c11-10-4-3-8(7-12)6-9(10)2-1-5-13/h1-6H,7,12H2. The Kier molecular flexibility index (Phi) is 3.34. The maximum absolute atomic E-state index is 13.0. The molecule has 0 aliphatic carbocycles. The van der Waals surface area contributed by atoms with Gasteiger partial charge >= 0.3 is 0 Å². The zero-order valence-electron chi connectivity index (χ0n) is 7.03. The van der Waals surface area contributed by atoms with Crippen molar-refractivity contribution in [3.63, 3.8) is 0 Å². The third-order valence-corrected chi connectivity index (χ3v) is 1.65. The van der Waals surface area contributed by atoms with E-state index in [0.717, 1.165) is 5.56 Å². The number of carbonyl (C=O) groups is 1. The summed E-state index contributed by atoms with van der Waals surface area (Å²) in [5.74, 6) is -0.352. The average molecular weight is 179 g/mol. The van der Waals surface area contributed by atoms with Gasteiger partial charge < -0.3 is 5.73 Å². The van der Waals surface area contributed by atoms with Gasteiger partial charge in [-0.05, 0) is 29.8 Å². The normalized spacial score (nSPS) is 10.6. The molecule has 2 N–H and O–H groups in total. The number of halogens is 1. The summed E-state index contributed by atoms with van der Waals surface area (Å²) in [5, 5.41) is 0. The lowest BCUT2D eigenvalue weighted by Crippen LogP contribution is -1.97. The van der Waals surface area contributed by atoms with Crippen molar-refractivity contribution < 1.29 is 9.18 Å². The largest absolute Gasteiger partial charge is 0.326 e. The summed E-state index contributed by atoms with van der Waals surface area (Å²) in [6.07, 6.45) is 3.27. The summed E-state index contributed by atoms with van der Waals surface area (Å²) in [6, 6.07) is 4.58. The van der Waals surface area contributed by atoms with Crippen LogP contribution in [0.25, 0.3) is 6.08 Å². The zero-order valence-corrected chi connectivity index (χ0v) is 7.03. The Morgan fingerprint density at radius 2 is 2.23 bits per heavy atom. The summed E-state index contributed by atoms with van der Waals surface area (Å²) in [7, 11) is 0. The molecule has 2 nitrogen and oxygen atoms in total. The quantitative estimate of drug-likeness (QED) is 0.564. The van der Waals surface area contributed by atoms with Crippen LogP contribution in [0.4, 0.5) is 4.39 Å². The van der Waals surface area contributed by atoms with Gasteiger partial charge in [0.15, 0.2) is 0 Å². The van der Waals surface area contributed by atoms with Crippen molar-refractivity contribution in [1.29, 1.82) is 0 Å². The van der Waals surface area contributed by atoms with Gasteiger partial charge in [-0.1, -0.05) is 6.07 Å². The number of benzene rings is 1. The monoisotopic (exact) mass is 179 g/mol. The highest BCUT2D eigenvalue weighted by molar-refractivity contribution is 5.74. The maximum atomic E-state index is 13.0. The van der Waals surface area contributed by atoms with Crippen LogP contribution in [0.15, 0.2) is 24.3 Å². The molecule has 68 valence electrons. The molecule has 0 aliphatic heterocycles. The van der Waals surface area contributed by atoms with E-state index in [1.807, 2.05) is 0 Å². The van der Waals surface area contributed by atoms with Crippen LogP contribution in [0.5, 0.6) is 0 Å². The molecule has 0 aromatic heterocycles. The van der Waals surface area contributed by atoms with Crippen LogP contribution < -0.4 is 5.73 Å². The Morgan fingerprint density at radius 3 is 2.85 bits per heavy atom. The fourth-order valence-electron chi connectivity index (χ4n) is 0.991. The number of rotatable bonds is 3. The van der Waals surface area contributed by atoms with E-state index in [2.05, 4.69) is 0 Å². The SMILES string of the molecule is NCc1ccc(F)c(C=CC=O)c1. The summed E-state index contributed by atoms with van der Waals surface area (Å²) < 4.78 is 13.0. The second kappa shape index (κ2) is 4.52. The van der Waals surface area contributed by atoms with Crippen LogP contribution in [0.3, 0.4) is 0 Å². The van der Waals surface area contributed by atoms with Crippen molar-refractivity contribution in [3.8, 4) is 0 Å². The van der Waals surface area contributed by atoms with Crippen molar-refractivity contribution in [2.24, 2.45) is 5.73 Å². The van der Waals surface area contributed by atoms with Gasteiger partial charge in [-0.2, -0.15) is 0 Å². The van der Waals surface area contributed by atoms with Crippen LogP contribution in [-0.4, -0.2) is 6.29 Å². The fraction of sp³-hybridized carbons (Fsp3) is 0.100. The van der Waals surface area contributed by atoms with Crippen molar-refractivity contribution in [2.75, 3.05) is 0 Å². The second-order valence-corrected chi connectivity index (χ2v) is 2.56. The maximum Gasteiger partial charge on any atom is 0.142 e. The number of hydrogen-bond donors (Lipinski definition) is 1. The van der Waals surface area contributed by atoms with Gasteiger partial charge in [0.2, 0.25) is 0 Å². The molecular formula is C10H10FNO. The molecule has 0 atom stereocenters. The van der Waals surface area contributed by atoms with Gasteiger partial charge in [0.05, 0.1) is 0 Å². The van der Waals surface area contributed by atoms with E-state index in [-0.39, 0.29) is 5.82 Å². The van der Waals surface area contributed by atoms with E-state index in [0.29, 0.717) is 18.4 Å². The topological polar surface area (TPSA) is 43.1 Å². The molecule has 0 heterocycles. The van der Waals surface area contributed by atoms with Crippen molar-refractivity contribution in [2.45, 2.75) is 6.54 Å². The summed E-state index contributed by atoms with van der Waals surface area (Å²) in [5.41, 5.74) is 6.61. The minimum absolute atomic E-state index is 0.352. The van der Waals surface area contributed by atoms with E-state index in [1.165, 1.54) is 18.2 Å². The first kappa shape index (κ1) is 9.61. The highest BCUT2D eigenvalue weighted by Crippen LogP contribution is 2.11. The van der Waals surface area contributed by atoms with Gasteiger partial charge in [-0.3, -0.25) is 4.79 Å². The van der Waals surface area contributed by atoms with Gasteiger partial charge in [-0.25, -0.2) is 4.39 Å². The van der Waals surface area contributed by atoms with E-state index >= 15 is 0 Å². The first-order valence-corrected chi connectivity index (χ1v) is 3.88. The molecule has 0 spiro atoms. The molecule has 0 unspecified atom stereocenters. The van der Waals surface area contributed by atoms with Gasteiger partial charge in [0, 0.05) is 12.1 Å². The molecule has 0 fully saturated rings. The third-order valence-electron chi connectivity index (χ3n) is 1.65. The smallest absolute Gasteiger partial charge is 0.142 e. The van der Waals surface area contributed by atoms with Gasteiger partial charge in [0.25, 0.3) is 0 Å². The molecule has 0 radical (unpaired) electrons. The average Bonchev–Trinajstić information content (AvgIpc) is 2.17. The Labute approximate surface area is 75.9 Å². The van der Waals surface area contributed by atoms with E-state index in [1.54, 1.807) is 12.1 Å². The van der Waals surface area contributed by atoms with E-state index in [4.69, 9.17) is 5.73 Å². The molecule has 0 bridgehead atoms. The molecule has 1 aromatic rings. The van der Waals surface area contributed by atoms with E-state index in [9.17, 15) is 9.18 Å². The predicted octanol–water partition coefficient (Wildman–Crippen LogP) is 1.50. The van der Waals surface area contributed by atoms with Crippen LogP contribution in [0.1, 0.15) is 11.1 Å². The van der Waals surface area contributed by atoms with Crippen LogP contribution in [0, 0.1) is 5.82 Å². The van der Waals surface area contributed by atoms with Crippen molar-refractivity contribution in [3.05, 3.63) is 41.2 Å². The zero-order chi connectivity index (χ0) is 9.68. The lowest BCUT2D eigenvalue weighted by molar-refractivity contribution is -0.104. The van der Waals surface area contributed by atoms with Gasteiger partial charge in [0.1, 0.15) is 12.1 Å². The summed E-state index contributed by atoms with van der Waals surface area (Å²) in [6.45, 7) is 0.363. The molecule has 0 saturated heterocycles. The number of aldehydes is 1. The number of allylic oxidation sites excluding steroid dienone is 1. The summed E-state index contributed by atoms with van der Waals surface area (Å²) in [4.78, 5) is 10.0. The number of hydrogen-bond acceptors (Lipinski definition) is 2. The van der Waals surface area contributed by atoms with Crippen LogP contribution in [0.2, 0.25) is 0 Å². The first-order chi connectivity index (χ1) is 6.27. The molecular weight excluding hydrogens is 169 g/mol.